The molecule has 0 fully saturated rings. The second-order valence-electron chi connectivity index (χ2n) is 10.7. The number of ether oxygens (including phenoxy) is 3. The summed E-state index contributed by atoms with van der Waals surface area (Å²) >= 11 is 0. The topological polar surface area (TPSA) is 61.8 Å². The molecule has 1 rings (SSSR count). The van der Waals surface area contributed by atoms with Gasteiger partial charge in [0.1, 0.15) is 17.1 Å². The van der Waals surface area contributed by atoms with Crippen LogP contribution in [0.1, 0.15) is 75.7 Å². The van der Waals surface area contributed by atoms with E-state index in [1.165, 1.54) is 0 Å². The van der Waals surface area contributed by atoms with E-state index in [-0.39, 0.29) is 16.8 Å². The largest absolute Gasteiger partial charge is 0.514 e. The molecule has 0 saturated carbocycles. The maximum atomic E-state index is 13.1. The van der Waals surface area contributed by atoms with E-state index < -0.39 is 17.2 Å². The van der Waals surface area contributed by atoms with Crippen molar-refractivity contribution in [1.82, 2.24) is 0 Å². The zero-order valence-corrected chi connectivity index (χ0v) is 19.1. The van der Waals surface area contributed by atoms with E-state index in [4.69, 9.17) is 14.2 Å². The predicted molar refractivity (Wildman–Crippen MR) is 111 cm³/mol. The summed E-state index contributed by atoms with van der Waals surface area (Å²) in [7, 11) is 0. The molecule has 5 nitrogen and oxygen atoms in total. The van der Waals surface area contributed by atoms with Gasteiger partial charge in [-0.2, -0.15) is 0 Å². The Morgan fingerprint density at radius 2 is 1.18 bits per heavy atom. The third-order valence-corrected chi connectivity index (χ3v) is 4.61. The van der Waals surface area contributed by atoms with Gasteiger partial charge in [-0.3, -0.25) is 4.79 Å². The highest BCUT2D eigenvalue weighted by Crippen LogP contribution is 2.47. The van der Waals surface area contributed by atoms with Crippen LogP contribution < -0.4 is 9.47 Å². The fourth-order valence-electron chi connectivity index (χ4n) is 2.87. The number of rotatable bonds is 4. The van der Waals surface area contributed by atoms with E-state index in [0.29, 0.717) is 17.9 Å². The molecule has 0 radical (unpaired) electrons. The van der Waals surface area contributed by atoms with E-state index in [0.717, 1.165) is 0 Å². The van der Waals surface area contributed by atoms with Crippen LogP contribution in [0.15, 0.2) is 24.3 Å². The maximum absolute atomic E-state index is 13.1. The molecular formula is C23H36O5. The number of hydrogen-bond donors (Lipinski definition) is 0. The molecule has 0 bridgehead atoms. The van der Waals surface area contributed by atoms with Crippen molar-refractivity contribution in [2.45, 2.75) is 81.3 Å². The number of carbonyl (C=O) groups is 2. The first-order valence-electron chi connectivity index (χ1n) is 9.66. The van der Waals surface area contributed by atoms with Crippen LogP contribution in [0.3, 0.4) is 0 Å². The lowest BCUT2D eigenvalue weighted by Crippen LogP contribution is -2.45. The molecule has 0 spiro atoms. The molecule has 158 valence electrons. The van der Waals surface area contributed by atoms with Crippen molar-refractivity contribution in [2.75, 3.05) is 0 Å². The first kappa shape index (κ1) is 24.0. The fraction of sp³-hybridized carbons (Fsp3) is 0.652. The fourth-order valence-corrected chi connectivity index (χ4v) is 2.87. The Kier molecular flexibility index (Phi) is 6.98. The summed E-state index contributed by atoms with van der Waals surface area (Å²) in [6.07, 6.45) is -0.0787. The lowest BCUT2D eigenvalue weighted by Gasteiger charge is -2.43. The van der Waals surface area contributed by atoms with E-state index in [2.05, 4.69) is 41.5 Å². The number of hydrogen-bond acceptors (Lipinski definition) is 5. The minimum absolute atomic E-state index is 0.0217. The Balaban J connectivity index is 2.89. The van der Waals surface area contributed by atoms with Gasteiger partial charge in [0, 0.05) is 0 Å². The molecule has 5 heteroatoms. The minimum atomic E-state index is -0.775. The van der Waals surface area contributed by atoms with Crippen molar-refractivity contribution >= 4 is 12.1 Å². The quantitative estimate of drug-likeness (QED) is 0.337. The summed E-state index contributed by atoms with van der Waals surface area (Å²) in [5, 5.41) is 0. The van der Waals surface area contributed by atoms with E-state index in [1.54, 1.807) is 45.0 Å². The SMILES string of the molecule is CC(C)(C)CC(C)(C(=O)Oc1ccc(OC(=O)OC(C)(C)C)cc1)C(C)(C)C. The molecule has 1 unspecified atom stereocenters. The summed E-state index contributed by atoms with van der Waals surface area (Å²) in [4.78, 5) is 24.8. The van der Waals surface area contributed by atoms with Crippen molar-refractivity contribution in [2.24, 2.45) is 16.2 Å². The molecule has 1 atom stereocenters. The van der Waals surface area contributed by atoms with Crippen LogP contribution in [0.4, 0.5) is 4.79 Å². The summed E-state index contributed by atoms with van der Waals surface area (Å²) in [6, 6.07) is 6.37. The molecule has 0 aliphatic carbocycles. The van der Waals surface area contributed by atoms with Crippen molar-refractivity contribution in [1.29, 1.82) is 0 Å². The lowest BCUT2D eigenvalue weighted by atomic mass is 9.61. The second kappa shape index (κ2) is 8.14. The molecule has 0 amide bonds. The molecule has 1 aromatic rings. The van der Waals surface area contributed by atoms with Crippen LogP contribution in [0, 0.1) is 16.2 Å². The first-order chi connectivity index (χ1) is 12.4. The van der Waals surface area contributed by atoms with Crippen LogP contribution >= 0.6 is 0 Å². The number of benzene rings is 1. The number of carbonyl (C=O) groups excluding carboxylic acids is 2. The van der Waals surface area contributed by atoms with Gasteiger partial charge in [-0.1, -0.05) is 41.5 Å². The van der Waals surface area contributed by atoms with Crippen molar-refractivity contribution < 1.29 is 23.8 Å². The van der Waals surface area contributed by atoms with Crippen LogP contribution in [-0.2, 0) is 9.53 Å². The van der Waals surface area contributed by atoms with Gasteiger partial charge in [0.2, 0.25) is 0 Å². The highest BCUT2D eigenvalue weighted by Gasteiger charge is 2.47. The Bertz CT molecular complexity index is 684. The number of esters is 1. The smallest absolute Gasteiger partial charge is 0.428 e. The highest BCUT2D eigenvalue weighted by atomic mass is 16.7. The first-order valence-corrected chi connectivity index (χ1v) is 9.66. The van der Waals surface area contributed by atoms with Crippen LogP contribution in [-0.4, -0.2) is 17.7 Å². The summed E-state index contributed by atoms with van der Waals surface area (Å²) in [6.45, 7) is 19.8. The zero-order chi connectivity index (χ0) is 22.0. The van der Waals surface area contributed by atoms with Crippen LogP contribution in [0.5, 0.6) is 11.5 Å². The standard InChI is InChI=1S/C23H36O5/c1-20(2,3)15-23(10,21(4,5)6)18(24)26-16-11-13-17(14-12-16)27-19(25)28-22(7,8)9/h11-14H,15H2,1-10H3. The van der Waals surface area contributed by atoms with E-state index >= 15 is 0 Å². The third kappa shape index (κ3) is 7.17. The summed E-state index contributed by atoms with van der Waals surface area (Å²) < 4.78 is 15.9. The average Bonchev–Trinajstić information content (AvgIpc) is 2.44. The predicted octanol–water partition coefficient (Wildman–Crippen LogP) is 6.39. The van der Waals surface area contributed by atoms with Crippen LogP contribution in [0.2, 0.25) is 0 Å². The molecule has 1 aromatic carbocycles. The van der Waals surface area contributed by atoms with Crippen LogP contribution in [0.25, 0.3) is 0 Å². The Morgan fingerprint density at radius 1 is 0.750 bits per heavy atom. The zero-order valence-electron chi connectivity index (χ0n) is 19.1. The molecule has 28 heavy (non-hydrogen) atoms. The molecule has 0 N–H and O–H groups in total. The molecule has 0 saturated heterocycles. The maximum Gasteiger partial charge on any atom is 0.514 e. The van der Waals surface area contributed by atoms with Gasteiger partial charge in [-0.25, -0.2) is 4.79 Å². The molecule has 0 aliphatic heterocycles. The Labute approximate surface area is 169 Å². The van der Waals surface area contributed by atoms with E-state index in [1.807, 2.05) is 6.92 Å². The average molecular weight is 393 g/mol. The third-order valence-electron chi connectivity index (χ3n) is 4.61. The van der Waals surface area contributed by atoms with Gasteiger partial charge in [0.05, 0.1) is 5.41 Å². The van der Waals surface area contributed by atoms with Gasteiger partial charge < -0.3 is 14.2 Å². The summed E-state index contributed by atoms with van der Waals surface area (Å²) in [5.74, 6) is 0.462. The van der Waals surface area contributed by atoms with E-state index in [9.17, 15) is 9.59 Å². The monoisotopic (exact) mass is 392 g/mol. The normalized spacial score (nSPS) is 14.8. The van der Waals surface area contributed by atoms with Crippen molar-refractivity contribution in [3.05, 3.63) is 24.3 Å². The Hall–Kier alpha value is -2.04. The highest BCUT2D eigenvalue weighted by molar-refractivity contribution is 5.79. The van der Waals surface area contributed by atoms with Gasteiger partial charge >= 0.3 is 12.1 Å². The second-order valence-corrected chi connectivity index (χ2v) is 10.7. The molecule has 0 aromatic heterocycles. The van der Waals surface area contributed by atoms with Crippen molar-refractivity contribution in [3.63, 3.8) is 0 Å². The molecule has 0 aliphatic rings. The minimum Gasteiger partial charge on any atom is -0.428 e. The van der Waals surface area contributed by atoms with Gasteiger partial charge in [-0.15, -0.1) is 0 Å². The lowest BCUT2D eigenvalue weighted by molar-refractivity contribution is -0.154. The van der Waals surface area contributed by atoms with Gasteiger partial charge in [0.25, 0.3) is 0 Å². The Morgan fingerprint density at radius 3 is 1.54 bits per heavy atom. The molecular weight excluding hydrogens is 356 g/mol. The summed E-state index contributed by atoms with van der Waals surface area (Å²) in [5.41, 5.74) is -1.57. The van der Waals surface area contributed by atoms with Crippen molar-refractivity contribution in [3.8, 4) is 11.5 Å². The molecule has 0 heterocycles. The van der Waals surface area contributed by atoms with Gasteiger partial charge in [0.15, 0.2) is 0 Å². The van der Waals surface area contributed by atoms with Gasteiger partial charge in [-0.05, 0) is 69.2 Å².